The van der Waals surface area contributed by atoms with E-state index in [1.165, 1.54) is 23.5 Å². The van der Waals surface area contributed by atoms with E-state index in [1.807, 2.05) is 27.7 Å². The van der Waals surface area contributed by atoms with Crippen LogP contribution in [0.25, 0.3) is 11.2 Å². The highest BCUT2D eigenvalue weighted by Crippen LogP contribution is 2.46. The molecule has 2 saturated heterocycles. The predicted octanol–water partition coefficient (Wildman–Crippen LogP) is 4.34. The molecule has 3 aromatic heterocycles. The van der Waals surface area contributed by atoms with Crippen LogP contribution in [0.5, 0.6) is 0 Å². The summed E-state index contributed by atoms with van der Waals surface area (Å²) >= 11 is 10.0. The molecule has 20 heteroatoms. The van der Waals surface area contributed by atoms with Crippen molar-refractivity contribution in [3.63, 3.8) is 0 Å². The highest BCUT2D eigenvalue weighted by Gasteiger charge is 2.57. The maximum absolute atomic E-state index is 9.49. The molecule has 2 aliphatic carbocycles. The van der Waals surface area contributed by atoms with Crippen molar-refractivity contribution in [2.24, 2.45) is 0 Å². The molecule has 8 atom stereocenters. The molecule has 298 valence electrons. The van der Waals surface area contributed by atoms with Gasteiger partial charge in [0.25, 0.3) is 0 Å². The lowest BCUT2D eigenvalue weighted by Crippen LogP contribution is -2.35. The van der Waals surface area contributed by atoms with Gasteiger partial charge in [0.2, 0.25) is 0 Å². The van der Waals surface area contributed by atoms with Crippen LogP contribution < -0.4 is 10.6 Å². The fourth-order valence-corrected chi connectivity index (χ4v) is 9.18. The Morgan fingerprint density at radius 1 is 0.796 bits per heavy atom. The molecule has 3 aromatic rings. The van der Waals surface area contributed by atoms with Crippen LogP contribution in [0, 0.1) is 0 Å². The average Bonchev–Trinajstić information content (AvgIpc) is 3.92. The van der Waals surface area contributed by atoms with Crippen molar-refractivity contribution in [3.05, 3.63) is 5.15 Å². The third-order valence-electron chi connectivity index (χ3n) is 9.54. The number of hydrogen-bond acceptors (Lipinski definition) is 18. The topological polar surface area (TPSA) is 202 Å². The lowest BCUT2D eigenvalue weighted by atomic mass is 10.2. The van der Waals surface area contributed by atoms with Crippen LogP contribution in [0.1, 0.15) is 73.3 Å². The van der Waals surface area contributed by atoms with E-state index in [1.54, 1.807) is 4.68 Å². The van der Waals surface area contributed by atoms with Gasteiger partial charge in [0.15, 0.2) is 49.8 Å². The lowest BCUT2D eigenvalue weighted by molar-refractivity contribution is -0.171. The molecule has 0 aromatic carbocycles. The Labute approximate surface area is 327 Å². The number of ether oxygens (including phenoxy) is 6. The molecule has 2 saturated carbocycles. The van der Waals surface area contributed by atoms with Gasteiger partial charge in [-0.2, -0.15) is 0 Å². The highest BCUT2D eigenvalue weighted by atomic mass is 35.5. The molecule has 17 nitrogen and oxygen atoms in total. The first-order valence-corrected chi connectivity index (χ1v) is 20.9. The van der Waals surface area contributed by atoms with Gasteiger partial charge in [0.1, 0.15) is 30.1 Å². The van der Waals surface area contributed by atoms with Crippen LogP contribution in [0.3, 0.4) is 0 Å². The molecule has 0 amide bonds. The SMILES string of the molecule is CCCSc1nc(Cl)c(Nc2nc(SCCC)nc3c2nnn3[C@@H]2C[C@H](OCCO)[C@H]3OC(C)(C)O[C@H]32)c(N[C@@H]2C[C@H](OCCO)[C@H]3OC(C)(C)O[C@H]32)n1. The number of halogens is 1. The van der Waals surface area contributed by atoms with Crippen LogP contribution in [0.2, 0.25) is 5.15 Å². The number of fused-ring (bicyclic) bond motifs is 3. The average molecular weight is 812 g/mol. The number of nitrogens with one attached hydrogen (secondary N) is 2. The van der Waals surface area contributed by atoms with Crippen molar-refractivity contribution in [2.45, 2.75) is 138 Å². The molecule has 4 aliphatic rings. The number of aliphatic hydroxyl groups excluding tert-OH is 2. The van der Waals surface area contributed by atoms with Crippen molar-refractivity contribution in [3.8, 4) is 0 Å². The summed E-state index contributed by atoms with van der Waals surface area (Å²) < 4.78 is 39.1. The van der Waals surface area contributed by atoms with Crippen molar-refractivity contribution >= 4 is 63.6 Å². The Bertz CT molecular complexity index is 1780. The van der Waals surface area contributed by atoms with E-state index in [-0.39, 0.29) is 80.3 Å². The molecule has 4 fully saturated rings. The predicted molar refractivity (Wildman–Crippen MR) is 202 cm³/mol. The fraction of sp³-hybridized carbons (Fsp3) is 0.765. The van der Waals surface area contributed by atoms with Crippen molar-refractivity contribution in [1.82, 2.24) is 34.9 Å². The molecular weight excluding hydrogens is 762 g/mol. The Balaban J connectivity index is 1.25. The van der Waals surface area contributed by atoms with Crippen LogP contribution in [-0.2, 0) is 28.4 Å². The van der Waals surface area contributed by atoms with Gasteiger partial charge in [0, 0.05) is 17.9 Å². The van der Waals surface area contributed by atoms with Gasteiger partial charge in [-0.1, -0.05) is 54.2 Å². The number of nitrogens with zero attached hydrogens (tertiary/aromatic N) is 7. The summed E-state index contributed by atoms with van der Waals surface area (Å²) in [5, 5.41) is 36.4. The quantitative estimate of drug-likeness (QED) is 0.0851. The second-order valence-corrected chi connectivity index (χ2v) is 17.1. The summed E-state index contributed by atoms with van der Waals surface area (Å²) in [6, 6.07) is -0.586. The van der Waals surface area contributed by atoms with Gasteiger partial charge in [-0.3, -0.25) is 0 Å². The van der Waals surface area contributed by atoms with E-state index in [0.717, 1.165) is 24.3 Å². The maximum atomic E-state index is 9.49. The minimum atomic E-state index is -0.827. The fourth-order valence-electron chi connectivity index (χ4n) is 7.52. The van der Waals surface area contributed by atoms with Crippen LogP contribution in [0.15, 0.2) is 10.3 Å². The van der Waals surface area contributed by atoms with E-state index in [4.69, 9.17) is 55.0 Å². The van der Waals surface area contributed by atoms with Gasteiger partial charge in [-0.25, -0.2) is 24.6 Å². The van der Waals surface area contributed by atoms with E-state index in [9.17, 15) is 10.2 Å². The molecule has 0 bridgehead atoms. The molecule has 54 heavy (non-hydrogen) atoms. The van der Waals surface area contributed by atoms with Gasteiger partial charge in [-0.05, 0) is 47.0 Å². The van der Waals surface area contributed by atoms with E-state index >= 15 is 0 Å². The summed E-state index contributed by atoms with van der Waals surface area (Å²) in [5.74, 6) is 0.805. The first-order valence-electron chi connectivity index (χ1n) is 18.6. The van der Waals surface area contributed by atoms with Gasteiger partial charge < -0.3 is 49.3 Å². The van der Waals surface area contributed by atoms with Gasteiger partial charge in [0.05, 0.1) is 50.7 Å². The summed E-state index contributed by atoms with van der Waals surface area (Å²) in [7, 11) is 0. The van der Waals surface area contributed by atoms with Crippen molar-refractivity contribution in [2.75, 3.05) is 48.6 Å². The molecule has 2 aliphatic heterocycles. The summed E-state index contributed by atoms with van der Waals surface area (Å²) in [5.41, 5.74) is 1.33. The molecule has 5 heterocycles. The zero-order chi connectivity index (χ0) is 38.2. The Kier molecular flexibility index (Phi) is 12.4. The molecule has 7 rings (SSSR count). The Hall–Kier alpha value is -2.17. The van der Waals surface area contributed by atoms with Crippen LogP contribution >= 0.6 is 35.1 Å². The number of thioether (sulfide) groups is 2. The van der Waals surface area contributed by atoms with Crippen LogP contribution in [-0.4, -0.2) is 137 Å². The molecule has 0 spiro atoms. The van der Waals surface area contributed by atoms with Crippen LogP contribution in [0.4, 0.5) is 17.3 Å². The van der Waals surface area contributed by atoms with Gasteiger partial charge in [-0.15, -0.1) is 5.10 Å². The molecule has 0 radical (unpaired) electrons. The lowest BCUT2D eigenvalue weighted by Gasteiger charge is -2.25. The summed E-state index contributed by atoms with van der Waals surface area (Å²) in [6.45, 7) is 11.9. The molecular formula is C34H50ClN9O8S2. The second kappa shape index (κ2) is 16.7. The summed E-state index contributed by atoms with van der Waals surface area (Å²) in [4.78, 5) is 19.4. The molecule has 0 unspecified atom stereocenters. The largest absolute Gasteiger partial charge is 0.394 e. The number of aromatic nitrogens is 7. The number of anilines is 3. The van der Waals surface area contributed by atoms with E-state index < -0.39 is 11.6 Å². The third kappa shape index (κ3) is 8.41. The monoisotopic (exact) mass is 811 g/mol. The minimum Gasteiger partial charge on any atom is -0.394 e. The maximum Gasteiger partial charge on any atom is 0.191 e. The smallest absolute Gasteiger partial charge is 0.191 e. The molecule has 4 N–H and O–H groups in total. The number of rotatable bonds is 17. The first-order chi connectivity index (χ1) is 25.9. The van der Waals surface area contributed by atoms with E-state index in [0.29, 0.717) is 51.6 Å². The van der Waals surface area contributed by atoms with Gasteiger partial charge >= 0.3 is 0 Å². The Morgan fingerprint density at radius 3 is 2.02 bits per heavy atom. The summed E-state index contributed by atoms with van der Waals surface area (Å²) in [6.07, 6.45) is 0.855. The number of aliphatic hydroxyl groups is 2. The standard InChI is InChI=1S/C34H50ClN9O8S2/c1-7-13-53-31-38-27(35)21(28(39-31)36-17-15-19(47-11-9-45)25-23(17)49-33(3,4)51-25)37-29-22-30(41-32(40-29)54-14-8-2)44(43-42-22)18-16-20(48-12-10-46)26-24(18)50-34(5,6)52-26/h17-20,23-26,45-46H,7-16H2,1-6H3,(H,36,38,39)(H,37,40,41)/t17-,18-,19+,20+,23+,24+,25-,26-/m1/s1. The highest BCUT2D eigenvalue weighted by molar-refractivity contribution is 7.99. The zero-order valence-electron chi connectivity index (χ0n) is 31.4. The van der Waals surface area contributed by atoms with E-state index in [2.05, 4.69) is 39.8 Å². The minimum absolute atomic E-state index is 0.0980. The zero-order valence-corrected chi connectivity index (χ0v) is 33.7. The Morgan fingerprint density at radius 2 is 1.37 bits per heavy atom. The second-order valence-electron chi connectivity index (χ2n) is 14.6. The first kappa shape index (κ1) is 40.0. The van der Waals surface area contributed by atoms with Crippen molar-refractivity contribution < 1.29 is 38.6 Å². The third-order valence-corrected chi connectivity index (χ3v) is 11.9. The van der Waals surface area contributed by atoms with Crippen molar-refractivity contribution in [1.29, 1.82) is 0 Å². The number of hydrogen-bond donors (Lipinski definition) is 4. The normalized spacial score (nSPS) is 29.6.